The molecule has 0 aliphatic rings. The molecule has 1 rings (SSSR count). The highest BCUT2D eigenvalue weighted by molar-refractivity contribution is 7.98. The molecule has 32 heavy (non-hydrogen) atoms. The number of carbonyl (C=O) groups excluding carboxylic acids is 3. The maximum absolute atomic E-state index is 12.8. The number of aliphatic carboxylic acids is 1. The first kappa shape index (κ1) is 27.8. The average molecular weight is 489 g/mol. The van der Waals surface area contributed by atoms with Gasteiger partial charge in [0, 0.05) is 24.1 Å². The van der Waals surface area contributed by atoms with E-state index in [0.717, 1.165) is 0 Å². The zero-order valence-corrected chi connectivity index (χ0v) is 20.0. The van der Waals surface area contributed by atoms with E-state index in [1.54, 1.807) is 20.0 Å². The summed E-state index contributed by atoms with van der Waals surface area (Å²) in [6.45, 7) is 3.48. The zero-order valence-electron chi connectivity index (χ0n) is 18.3. The Labute approximate surface area is 196 Å². The number of H-pyrrole nitrogens is 1. The van der Waals surface area contributed by atoms with Crippen molar-refractivity contribution in [1.82, 2.24) is 25.9 Å². The van der Waals surface area contributed by atoms with Crippen molar-refractivity contribution in [2.24, 2.45) is 11.7 Å². The van der Waals surface area contributed by atoms with Gasteiger partial charge in [-0.25, -0.2) is 9.78 Å². The molecule has 7 N–H and O–H groups in total. The Morgan fingerprint density at radius 1 is 1.16 bits per heavy atom. The van der Waals surface area contributed by atoms with Crippen LogP contribution in [0.3, 0.4) is 0 Å². The number of nitrogens with two attached hydrogens (primary N) is 1. The predicted molar refractivity (Wildman–Crippen MR) is 125 cm³/mol. The number of carboxylic acid groups (broad SMARTS) is 1. The van der Waals surface area contributed by atoms with E-state index in [2.05, 4.69) is 38.5 Å². The number of nitrogens with zero attached hydrogens (tertiary/aromatic N) is 1. The van der Waals surface area contributed by atoms with E-state index in [1.807, 2.05) is 6.26 Å². The monoisotopic (exact) mass is 488 g/mol. The van der Waals surface area contributed by atoms with Crippen LogP contribution < -0.4 is 21.7 Å². The number of amides is 3. The van der Waals surface area contributed by atoms with Crippen LogP contribution in [0.25, 0.3) is 0 Å². The second kappa shape index (κ2) is 14.0. The van der Waals surface area contributed by atoms with Crippen molar-refractivity contribution < 1.29 is 24.3 Å². The summed E-state index contributed by atoms with van der Waals surface area (Å²) >= 11 is 5.56. The Hall–Kier alpha value is -2.25. The zero-order chi connectivity index (χ0) is 24.3. The van der Waals surface area contributed by atoms with E-state index in [-0.39, 0.29) is 24.5 Å². The molecule has 180 valence electrons. The van der Waals surface area contributed by atoms with Gasteiger partial charge in [-0.1, -0.05) is 13.8 Å². The van der Waals surface area contributed by atoms with Crippen LogP contribution >= 0.6 is 24.4 Å². The normalized spacial score (nSPS) is 14.8. The predicted octanol–water partition coefficient (Wildman–Crippen LogP) is -0.843. The maximum atomic E-state index is 12.8. The van der Waals surface area contributed by atoms with Gasteiger partial charge in [0.25, 0.3) is 0 Å². The fourth-order valence-electron chi connectivity index (χ4n) is 2.74. The molecule has 3 amide bonds. The van der Waals surface area contributed by atoms with E-state index in [1.165, 1.54) is 18.1 Å². The number of aromatic amines is 1. The molecular weight excluding hydrogens is 456 g/mol. The molecule has 0 aliphatic carbocycles. The van der Waals surface area contributed by atoms with E-state index in [9.17, 15) is 24.3 Å². The summed E-state index contributed by atoms with van der Waals surface area (Å²) in [5.41, 5.74) is 6.61. The Kier molecular flexibility index (Phi) is 12.2. The fourth-order valence-corrected chi connectivity index (χ4v) is 3.47. The third kappa shape index (κ3) is 9.09. The second-order valence-corrected chi connectivity index (χ2v) is 8.89. The van der Waals surface area contributed by atoms with Crippen LogP contribution in [-0.2, 0) is 25.6 Å². The van der Waals surface area contributed by atoms with E-state index >= 15 is 0 Å². The standard InChI is InChI=1S/C19H32N6O5S2/c1-10(2)15(25-16(26)12(20)6-11-7-21-9-22-11)18(28)24-14(8-31)17(27)23-13(19(29)30)4-5-32-3/h7,9-10,12-15,31H,4-6,8,20H2,1-3H3,(H,21,22)(H,23,27)(H,24,28)(H,25,26)(H,29,30). The summed E-state index contributed by atoms with van der Waals surface area (Å²) in [7, 11) is 0. The summed E-state index contributed by atoms with van der Waals surface area (Å²) in [4.78, 5) is 55.9. The lowest BCUT2D eigenvalue weighted by Gasteiger charge is -2.26. The van der Waals surface area contributed by atoms with Gasteiger partial charge in [0.05, 0.1) is 12.4 Å². The van der Waals surface area contributed by atoms with Gasteiger partial charge in [-0.3, -0.25) is 14.4 Å². The number of thioether (sulfide) groups is 1. The summed E-state index contributed by atoms with van der Waals surface area (Å²) in [6, 6.07) is -3.99. The van der Waals surface area contributed by atoms with Gasteiger partial charge in [0.1, 0.15) is 18.1 Å². The summed E-state index contributed by atoms with van der Waals surface area (Å²) in [5, 5.41) is 16.9. The van der Waals surface area contributed by atoms with Crippen LogP contribution in [-0.4, -0.2) is 80.7 Å². The van der Waals surface area contributed by atoms with Crippen LogP contribution in [0, 0.1) is 5.92 Å². The number of rotatable bonds is 14. The van der Waals surface area contributed by atoms with Gasteiger partial charge in [0.2, 0.25) is 17.7 Å². The number of hydrogen-bond acceptors (Lipinski definition) is 8. The fraction of sp³-hybridized carbons (Fsp3) is 0.632. The Bertz CT molecular complexity index is 761. The second-order valence-electron chi connectivity index (χ2n) is 7.54. The Morgan fingerprint density at radius 3 is 2.31 bits per heavy atom. The number of hydrogen-bond donors (Lipinski definition) is 7. The topological polar surface area (TPSA) is 179 Å². The summed E-state index contributed by atoms with van der Waals surface area (Å²) < 4.78 is 0. The van der Waals surface area contributed by atoms with Crippen molar-refractivity contribution in [3.05, 3.63) is 18.2 Å². The molecule has 1 heterocycles. The SMILES string of the molecule is CSCCC(NC(=O)C(CS)NC(=O)C(NC(=O)C(N)Cc1cnc[nH]1)C(C)C)C(=O)O. The molecule has 0 bridgehead atoms. The number of nitrogens with one attached hydrogen (secondary N) is 4. The highest BCUT2D eigenvalue weighted by Gasteiger charge is 2.31. The first-order chi connectivity index (χ1) is 15.1. The number of imidazole rings is 1. The van der Waals surface area contributed by atoms with Gasteiger partial charge in [0.15, 0.2) is 0 Å². The first-order valence-electron chi connectivity index (χ1n) is 10.1. The molecule has 0 fully saturated rings. The molecule has 0 spiro atoms. The number of thiol groups is 1. The lowest BCUT2D eigenvalue weighted by molar-refractivity contribution is -0.142. The van der Waals surface area contributed by atoms with Gasteiger partial charge in [-0.2, -0.15) is 24.4 Å². The first-order valence-corrected chi connectivity index (χ1v) is 12.1. The van der Waals surface area contributed by atoms with Crippen LogP contribution in [0.2, 0.25) is 0 Å². The van der Waals surface area contributed by atoms with Gasteiger partial charge in [-0.05, 0) is 24.3 Å². The van der Waals surface area contributed by atoms with Crippen molar-refractivity contribution in [3.8, 4) is 0 Å². The maximum Gasteiger partial charge on any atom is 0.326 e. The van der Waals surface area contributed by atoms with Crippen LogP contribution in [0.5, 0.6) is 0 Å². The van der Waals surface area contributed by atoms with Gasteiger partial charge in [-0.15, -0.1) is 0 Å². The molecule has 0 saturated heterocycles. The molecular formula is C19H32N6O5S2. The quantitative estimate of drug-likeness (QED) is 0.166. The minimum Gasteiger partial charge on any atom is -0.480 e. The third-order valence-electron chi connectivity index (χ3n) is 4.62. The highest BCUT2D eigenvalue weighted by atomic mass is 32.2. The van der Waals surface area contributed by atoms with Gasteiger partial charge >= 0.3 is 5.97 Å². The van der Waals surface area contributed by atoms with Crippen LogP contribution in [0.1, 0.15) is 26.0 Å². The van der Waals surface area contributed by atoms with Crippen molar-refractivity contribution >= 4 is 48.1 Å². The smallest absolute Gasteiger partial charge is 0.326 e. The van der Waals surface area contributed by atoms with E-state index in [4.69, 9.17) is 5.73 Å². The minimum absolute atomic E-state index is 0.0511. The van der Waals surface area contributed by atoms with Gasteiger partial charge < -0.3 is 31.8 Å². The van der Waals surface area contributed by atoms with Crippen molar-refractivity contribution in [2.75, 3.05) is 17.8 Å². The molecule has 4 atom stereocenters. The van der Waals surface area contributed by atoms with E-state index in [0.29, 0.717) is 11.4 Å². The molecule has 1 aromatic rings. The lowest BCUT2D eigenvalue weighted by atomic mass is 10.0. The number of aromatic nitrogens is 2. The summed E-state index contributed by atoms with van der Waals surface area (Å²) in [6.07, 6.45) is 5.32. The minimum atomic E-state index is -1.16. The Balaban J connectivity index is 2.75. The number of carbonyl (C=O) groups is 4. The molecule has 0 aliphatic heterocycles. The largest absolute Gasteiger partial charge is 0.480 e. The Morgan fingerprint density at radius 2 is 1.81 bits per heavy atom. The summed E-state index contributed by atoms with van der Waals surface area (Å²) in [5.74, 6) is -2.73. The van der Waals surface area contributed by atoms with Crippen molar-refractivity contribution in [3.63, 3.8) is 0 Å². The molecule has 0 aromatic carbocycles. The van der Waals surface area contributed by atoms with Crippen LogP contribution in [0.4, 0.5) is 0 Å². The highest BCUT2D eigenvalue weighted by Crippen LogP contribution is 2.06. The molecule has 0 radical (unpaired) electrons. The molecule has 11 nitrogen and oxygen atoms in total. The number of carboxylic acids is 1. The molecule has 4 unspecified atom stereocenters. The van der Waals surface area contributed by atoms with E-state index < -0.39 is 47.9 Å². The third-order valence-corrected chi connectivity index (χ3v) is 5.63. The lowest BCUT2D eigenvalue weighted by Crippen LogP contribution is -2.59. The average Bonchev–Trinajstić information content (AvgIpc) is 3.24. The molecule has 0 saturated carbocycles. The van der Waals surface area contributed by atoms with Crippen molar-refractivity contribution in [2.45, 2.75) is 50.9 Å². The van der Waals surface area contributed by atoms with Crippen LogP contribution in [0.15, 0.2) is 12.5 Å². The molecule has 13 heteroatoms. The van der Waals surface area contributed by atoms with Crippen molar-refractivity contribution in [1.29, 1.82) is 0 Å². The molecule has 1 aromatic heterocycles.